The maximum atomic E-state index is 8.85. The monoisotopic (exact) mass is 208 g/mol. The summed E-state index contributed by atoms with van der Waals surface area (Å²) in [6.07, 6.45) is 6.08. The van der Waals surface area contributed by atoms with Gasteiger partial charge in [0.2, 0.25) is 0 Å². The molecule has 0 saturated heterocycles. The lowest BCUT2D eigenvalue weighted by atomic mass is 9.89. The van der Waals surface area contributed by atoms with E-state index in [4.69, 9.17) is 5.26 Å². The standard InChI is InChI=1S/C13H24N2/c1-4-11-9-12(11)15-8-6-5-7-13(2,3)10-14/h11-12,15H,4-9H2,1-3H3. The van der Waals surface area contributed by atoms with Crippen LogP contribution in [0.4, 0.5) is 0 Å². The van der Waals surface area contributed by atoms with Crippen LogP contribution in [0.2, 0.25) is 0 Å². The van der Waals surface area contributed by atoms with E-state index < -0.39 is 0 Å². The van der Waals surface area contributed by atoms with E-state index in [-0.39, 0.29) is 5.41 Å². The highest BCUT2D eigenvalue weighted by Gasteiger charge is 2.34. The van der Waals surface area contributed by atoms with Gasteiger partial charge in [0.1, 0.15) is 0 Å². The van der Waals surface area contributed by atoms with Crippen molar-refractivity contribution in [2.75, 3.05) is 6.54 Å². The van der Waals surface area contributed by atoms with Crippen LogP contribution in [0.25, 0.3) is 0 Å². The first-order valence-electron chi connectivity index (χ1n) is 6.23. The Morgan fingerprint density at radius 3 is 2.67 bits per heavy atom. The van der Waals surface area contributed by atoms with Crippen molar-refractivity contribution < 1.29 is 0 Å². The SMILES string of the molecule is CCC1CC1NCCCCC(C)(C)C#N. The van der Waals surface area contributed by atoms with E-state index in [1.165, 1.54) is 19.3 Å². The van der Waals surface area contributed by atoms with Crippen LogP contribution in [0.1, 0.15) is 52.9 Å². The Morgan fingerprint density at radius 2 is 2.13 bits per heavy atom. The first-order chi connectivity index (χ1) is 7.09. The van der Waals surface area contributed by atoms with Gasteiger partial charge in [0, 0.05) is 6.04 Å². The maximum absolute atomic E-state index is 8.85. The molecule has 86 valence electrons. The molecular formula is C13H24N2. The quantitative estimate of drug-likeness (QED) is 0.653. The van der Waals surface area contributed by atoms with E-state index in [2.05, 4.69) is 18.3 Å². The number of rotatable bonds is 7. The van der Waals surface area contributed by atoms with Crippen molar-refractivity contribution in [3.63, 3.8) is 0 Å². The molecule has 2 heteroatoms. The second kappa shape index (κ2) is 5.51. The van der Waals surface area contributed by atoms with Crippen molar-refractivity contribution >= 4 is 0 Å². The lowest BCUT2D eigenvalue weighted by Gasteiger charge is -2.14. The van der Waals surface area contributed by atoms with Gasteiger partial charge in [-0.3, -0.25) is 0 Å². The summed E-state index contributed by atoms with van der Waals surface area (Å²) in [6.45, 7) is 7.44. The summed E-state index contributed by atoms with van der Waals surface area (Å²) in [5.41, 5.74) is -0.133. The summed E-state index contributed by atoms with van der Waals surface area (Å²) >= 11 is 0. The molecule has 0 aromatic carbocycles. The zero-order chi connectivity index (χ0) is 11.3. The Labute approximate surface area is 94.1 Å². The van der Waals surface area contributed by atoms with Gasteiger partial charge in [0.25, 0.3) is 0 Å². The van der Waals surface area contributed by atoms with E-state index in [1.54, 1.807) is 0 Å². The molecule has 1 fully saturated rings. The summed E-state index contributed by atoms with van der Waals surface area (Å²) in [7, 11) is 0. The number of hydrogen-bond acceptors (Lipinski definition) is 2. The topological polar surface area (TPSA) is 35.8 Å². The second-order valence-corrected chi connectivity index (χ2v) is 5.42. The Kier molecular flexibility index (Phi) is 4.60. The average Bonchev–Trinajstić information content (AvgIpc) is 2.96. The summed E-state index contributed by atoms with van der Waals surface area (Å²) in [5, 5.41) is 12.4. The molecule has 0 amide bonds. The summed E-state index contributed by atoms with van der Waals surface area (Å²) in [5.74, 6) is 0.945. The van der Waals surface area contributed by atoms with Crippen LogP contribution in [-0.4, -0.2) is 12.6 Å². The number of unbranched alkanes of at least 4 members (excludes halogenated alkanes) is 1. The Bertz CT molecular complexity index is 227. The summed E-state index contributed by atoms with van der Waals surface area (Å²) in [4.78, 5) is 0. The van der Waals surface area contributed by atoms with Crippen LogP contribution in [0, 0.1) is 22.7 Å². The number of nitriles is 1. The molecule has 0 aliphatic heterocycles. The number of hydrogen-bond donors (Lipinski definition) is 1. The van der Waals surface area contributed by atoms with Crippen molar-refractivity contribution in [3.05, 3.63) is 0 Å². The molecule has 0 aromatic rings. The zero-order valence-electron chi connectivity index (χ0n) is 10.3. The Morgan fingerprint density at radius 1 is 1.40 bits per heavy atom. The van der Waals surface area contributed by atoms with Gasteiger partial charge in [0.05, 0.1) is 11.5 Å². The molecule has 0 bridgehead atoms. The fourth-order valence-electron chi connectivity index (χ4n) is 1.98. The molecule has 0 heterocycles. The maximum Gasteiger partial charge on any atom is 0.0683 e. The first kappa shape index (κ1) is 12.5. The fraction of sp³-hybridized carbons (Fsp3) is 0.923. The highest BCUT2D eigenvalue weighted by molar-refractivity contribution is 4.92. The lowest BCUT2D eigenvalue weighted by Crippen LogP contribution is -2.20. The van der Waals surface area contributed by atoms with Gasteiger partial charge in [-0.2, -0.15) is 5.26 Å². The molecule has 0 spiro atoms. The third-order valence-corrected chi connectivity index (χ3v) is 3.38. The normalized spacial score (nSPS) is 24.9. The van der Waals surface area contributed by atoms with Crippen molar-refractivity contribution in [2.24, 2.45) is 11.3 Å². The molecule has 1 aliphatic rings. The molecule has 15 heavy (non-hydrogen) atoms. The van der Waals surface area contributed by atoms with Gasteiger partial charge in [-0.25, -0.2) is 0 Å². The molecule has 2 unspecified atom stereocenters. The molecule has 1 N–H and O–H groups in total. The van der Waals surface area contributed by atoms with Gasteiger partial charge in [-0.15, -0.1) is 0 Å². The molecular weight excluding hydrogens is 184 g/mol. The van der Waals surface area contributed by atoms with E-state index in [1.807, 2.05) is 13.8 Å². The van der Waals surface area contributed by atoms with Crippen molar-refractivity contribution in [1.82, 2.24) is 5.32 Å². The van der Waals surface area contributed by atoms with Crippen LogP contribution in [0.3, 0.4) is 0 Å². The Balaban J connectivity index is 1.93. The third kappa shape index (κ3) is 4.66. The number of nitrogens with one attached hydrogen (secondary N) is 1. The predicted octanol–water partition coefficient (Wildman–Crippen LogP) is 3.09. The molecule has 1 rings (SSSR count). The van der Waals surface area contributed by atoms with Crippen LogP contribution < -0.4 is 5.32 Å². The minimum atomic E-state index is -0.133. The number of nitrogens with zero attached hydrogens (tertiary/aromatic N) is 1. The molecule has 2 atom stereocenters. The van der Waals surface area contributed by atoms with Crippen LogP contribution >= 0.6 is 0 Å². The van der Waals surface area contributed by atoms with Crippen LogP contribution in [0.5, 0.6) is 0 Å². The molecule has 1 saturated carbocycles. The van der Waals surface area contributed by atoms with Gasteiger partial charge < -0.3 is 5.32 Å². The van der Waals surface area contributed by atoms with Crippen molar-refractivity contribution in [3.8, 4) is 6.07 Å². The summed E-state index contributed by atoms with van der Waals surface area (Å²) < 4.78 is 0. The van der Waals surface area contributed by atoms with Crippen molar-refractivity contribution in [2.45, 2.75) is 58.9 Å². The van der Waals surface area contributed by atoms with E-state index in [0.29, 0.717) is 0 Å². The molecule has 0 radical (unpaired) electrons. The van der Waals surface area contributed by atoms with Crippen LogP contribution in [-0.2, 0) is 0 Å². The zero-order valence-corrected chi connectivity index (χ0v) is 10.3. The van der Waals surface area contributed by atoms with Crippen molar-refractivity contribution in [1.29, 1.82) is 5.26 Å². The van der Waals surface area contributed by atoms with E-state index >= 15 is 0 Å². The molecule has 1 aliphatic carbocycles. The molecule has 2 nitrogen and oxygen atoms in total. The first-order valence-corrected chi connectivity index (χ1v) is 6.23. The third-order valence-electron chi connectivity index (χ3n) is 3.38. The smallest absolute Gasteiger partial charge is 0.0683 e. The van der Waals surface area contributed by atoms with Gasteiger partial charge in [-0.05, 0) is 45.6 Å². The highest BCUT2D eigenvalue weighted by atomic mass is 15.0. The Hall–Kier alpha value is -0.550. The van der Waals surface area contributed by atoms with Gasteiger partial charge in [-0.1, -0.05) is 19.8 Å². The predicted molar refractivity (Wildman–Crippen MR) is 63.4 cm³/mol. The van der Waals surface area contributed by atoms with Crippen LogP contribution in [0.15, 0.2) is 0 Å². The van der Waals surface area contributed by atoms with E-state index in [0.717, 1.165) is 31.3 Å². The van der Waals surface area contributed by atoms with Gasteiger partial charge in [0.15, 0.2) is 0 Å². The average molecular weight is 208 g/mol. The minimum absolute atomic E-state index is 0.133. The van der Waals surface area contributed by atoms with E-state index in [9.17, 15) is 0 Å². The minimum Gasteiger partial charge on any atom is -0.314 e. The fourth-order valence-corrected chi connectivity index (χ4v) is 1.98. The highest BCUT2D eigenvalue weighted by Crippen LogP contribution is 2.33. The van der Waals surface area contributed by atoms with Gasteiger partial charge >= 0.3 is 0 Å². The second-order valence-electron chi connectivity index (χ2n) is 5.42. The largest absolute Gasteiger partial charge is 0.314 e. The summed E-state index contributed by atoms with van der Waals surface area (Å²) in [6, 6.07) is 3.15. The lowest BCUT2D eigenvalue weighted by molar-refractivity contribution is 0.421. The molecule has 0 aromatic heterocycles.